The number of carbonyl (C=O) groups is 2. The van der Waals surface area contributed by atoms with Crippen LogP contribution in [0.1, 0.15) is 12.5 Å². The normalized spacial score (nSPS) is 10.6. The van der Waals surface area contributed by atoms with Crippen molar-refractivity contribution in [3.05, 3.63) is 87.4 Å². The van der Waals surface area contributed by atoms with Crippen LogP contribution in [0.5, 0.6) is 5.75 Å². The molecule has 0 heterocycles. The Kier molecular flexibility index (Phi) is 8.60. The second-order valence-electron chi connectivity index (χ2n) is 6.80. The number of rotatable bonds is 9. The third kappa shape index (κ3) is 7.32. The molecule has 0 fully saturated rings. The second-order valence-corrected chi connectivity index (χ2v) is 8.32. The predicted octanol–water partition coefficient (Wildman–Crippen LogP) is 4.89. The number of hydrogen-bond donors (Lipinski definition) is 2. The van der Waals surface area contributed by atoms with Crippen molar-refractivity contribution in [2.45, 2.75) is 16.7 Å². The highest BCUT2D eigenvalue weighted by atomic mass is 35.5. The molecule has 2 amide bonds. The van der Waals surface area contributed by atoms with Crippen molar-refractivity contribution in [2.24, 2.45) is 5.10 Å². The number of hydrogen-bond acceptors (Lipinski definition) is 7. The molecule has 174 valence electrons. The van der Waals surface area contributed by atoms with Gasteiger partial charge in [0.05, 0.1) is 21.7 Å². The third-order valence-electron chi connectivity index (χ3n) is 4.18. The van der Waals surface area contributed by atoms with E-state index >= 15 is 0 Å². The summed E-state index contributed by atoms with van der Waals surface area (Å²) < 4.78 is 5.32. The molecule has 11 heteroatoms. The van der Waals surface area contributed by atoms with E-state index in [0.717, 1.165) is 11.8 Å². The van der Waals surface area contributed by atoms with Crippen molar-refractivity contribution >= 4 is 52.8 Å². The van der Waals surface area contributed by atoms with Gasteiger partial charge in [0, 0.05) is 28.5 Å². The minimum Gasteiger partial charge on any atom is -0.484 e. The van der Waals surface area contributed by atoms with Crippen molar-refractivity contribution in [1.82, 2.24) is 5.43 Å². The first kappa shape index (κ1) is 24.7. The molecule has 2 N–H and O–H groups in total. The Bertz CT molecular complexity index is 1230. The number of hydrazone groups is 1. The Morgan fingerprint density at radius 1 is 1.12 bits per heavy atom. The fourth-order valence-corrected chi connectivity index (χ4v) is 3.81. The summed E-state index contributed by atoms with van der Waals surface area (Å²) in [6.45, 7) is 1.13. The van der Waals surface area contributed by atoms with Gasteiger partial charge in [-0.1, -0.05) is 41.6 Å². The first-order chi connectivity index (χ1) is 16.3. The monoisotopic (exact) mass is 498 g/mol. The lowest BCUT2D eigenvalue weighted by Gasteiger charge is -2.10. The van der Waals surface area contributed by atoms with E-state index in [1.807, 2.05) is 0 Å². The maximum atomic E-state index is 11.9. The standard InChI is InChI=1S/C23H19ClN4O5S/c1-15(29)26-19-4-2-3-5-21(19)34-22-11-6-16(12-20(22)28(31)32)13-25-27-23(30)14-33-18-9-7-17(24)8-10-18/h2-13H,14H2,1H3,(H,26,29)(H,27,30)/b25-13+. The molecule has 3 aromatic carbocycles. The van der Waals surface area contributed by atoms with E-state index in [2.05, 4.69) is 15.8 Å². The van der Waals surface area contributed by atoms with Crippen molar-refractivity contribution in [1.29, 1.82) is 0 Å². The predicted molar refractivity (Wildman–Crippen MR) is 131 cm³/mol. The van der Waals surface area contributed by atoms with E-state index in [0.29, 0.717) is 31.8 Å². The van der Waals surface area contributed by atoms with Gasteiger partial charge in [0.25, 0.3) is 11.6 Å². The van der Waals surface area contributed by atoms with Crippen LogP contribution in [0, 0.1) is 10.1 Å². The largest absolute Gasteiger partial charge is 0.484 e. The molecule has 0 unspecified atom stereocenters. The Hall–Kier alpha value is -3.89. The number of benzene rings is 3. The Labute approximate surface area is 204 Å². The number of halogens is 1. The van der Waals surface area contributed by atoms with Gasteiger partial charge >= 0.3 is 0 Å². The molecule has 3 rings (SSSR count). The molecular weight excluding hydrogens is 480 g/mol. The average molecular weight is 499 g/mol. The van der Waals surface area contributed by atoms with Gasteiger partial charge in [-0.25, -0.2) is 5.43 Å². The van der Waals surface area contributed by atoms with E-state index in [9.17, 15) is 19.7 Å². The Morgan fingerprint density at radius 2 is 1.85 bits per heavy atom. The highest BCUT2D eigenvalue weighted by molar-refractivity contribution is 7.99. The van der Waals surface area contributed by atoms with Crippen LogP contribution in [-0.4, -0.2) is 29.6 Å². The van der Waals surface area contributed by atoms with Gasteiger partial charge in [0.15, 0.2) is 6.61 Å². The van der Waals surface area contributed by atoms with Gasteiger partial charge in [-0.05, 0) is 42.5 Å². The van der Waals surface area contributed by atoms with Crippen LogP contribution in [-0.2, 0) is 9.59 Å². The molecule has 0 aliphatic carbocycles. The first-order valence-corrected chi connectivity index (χ1v) is 11.0. The summed E-state index contributed by atoms with van der Waals surface area (Å²) in [5.74, 6) is -0.260. The van der Waals surface area contributed by atoms with Crippen molar-refractivity contribution < 1.29 is 19.2 Å². The summed E-state index contributed by atoms with van der Waals surface area (Å²) >= 11 is 6.95. The Balaban J connectivity index is 1.65. The fourth-order valence-electron chi connectivity index (χ4n) is 2.70. The molecule has 0 radical (unpaired) electrons. The first-order valence-electron chi connectivity index (χ1n) is 9.85. The summed E-state index contributed by atoms with van der Waals surface area (Å²) in [7, 11) is 0. The van der Waals surface area contributed by atoms with Crippen LogP contribution >= 0.6 is 23.4 Å². The van der Waals surface area contributed by atoms with Crippen LogP contribution in [0.4, 0.5) is 11.4 Å². The van der Waals surface area contributed by atoms with Crippen LogP contribution < -0.4 is 15.5 Å². The molecular formula is C23H19ClN4O5S. The molecule has 0 saturated heterocycles. The van der Waals surface area contributed by atoms with E-state index in [1.165, 1.54) is 19.2 Å². The second kappa shape index (κ2) is 11.8. The zero-order valence-electron chi connectivity index (χ0n) is 17.9. The maximum Gasteiger partial charge on any atom is 0.283 e. The molecule has 0 atom stereocenters. The number of nitro groups is 1. The Morgan fingerprint density at radius 3 is 2.56 bits per heavy atom. The van der Waals surface area contributed by atoms with E-state index in [1.54, 1.807) is 60.7 Å². The zero-order chi connectivity index (χ0) is 24.5. The zero-order valence-corrected chi connectivity index (χ0v) is 19.4. The summed E-state index contributed by atoms with van der Waals surface area (Å²) in [5.41, 5.74) is 3.15. The lowest BCUT2D eigenvalue weighted by atomic mass is 10.2. The molecule has 0 bridgehead atoms. The molecule has 0 aromatic heterocycles. The molecule has 0 spiro atoms. The number of carbonyl (C=O) groups excluding carboxylic acids is 2. The van der Waals surface area contributed by atoms with Crippen LogP contribution in [0.15, 0.2) is 81.6 Å². The summed E-state index contributed by atoms with van der Waals surface area (Å²) in [6, 6.07) is 18.1. The van der Waals surface area contributed by atoms with Crippen LogP contribution in [0.2, 0.25) is 5.02 Å². The topological polar surface area (TPSA) is 123 Å². The maximum absolute atomic E-state index is 11.9. The van der Waals surface area contributed by atoms with Gasteiger partial charge in [-0.15, -0.1) is 0 Å². The quantitative estimate of drug-likeness (QED) is 0.246. The van der Waals surface area contributed by atoms with Crippen LogP contribution in [0.25, 0.3) is 0 Å². The minimum atomic E-state index is -0.501. The van der Waals surface area contributed by atoms with Crippen LogP contribution in [0.3, 0.4) is 0 Å². The summed E-state index contributed by atoms with van der Waals surface area (Å²) in [4.78, 5) is 35.5. The summed E-state index contributed by atoms with van der Waals surface area (Å²) in [6.07, 6.45) is 1.30. The highest BCUT2D eigenvalue weighted by Gasteiger charge is 2.17. The number of nitrogens with zero attached hydrogens (tertiary/aromatic N) is 2. The van der Waals surface area contributed by atoms with E-state index < -0.39 is 10.8 Å². The molecule has 3 aromatic rings. The fraction of sp³-hybridized carbons (Fsp3) is 0.0870. The van der Waals surface area contributed by atoms with E-state index in [-0.39, 0.29) is 18.2 Å². The lowest BCUT2D eigenvalue weighted by molar-refractivity contribution is -0.387. The molecule has 0 aliphatic rings. The SMILES string of the molecule is CC(=O)Nc1ccccc1Sc1ccc(/C=N/NC(=O)COc2ccc(Cl)cc2)cc1[N+](=O)[O-]. The highest BCUT2D eigenvalue weighted by Crippen LogP contribution is 2.38. The summed E-state index contributed by atoms with van der Waals surface area (Å²) in [5, 5.41) is 18.7. The van der Waals surface area contributed by atoms with E-state index in [4.69, 9.17) is 16.3 Å². The van der Waals surface area contributed by atoms with Gasteiger partial charge < -0.3 is 10.1 Å². The van der Waals surface area contributed by atoms with Gasteiger partial charge in [-0.3, -0.25) is 19.7 Å². The number of para-hydroxylation sites is 1. The van der Waals surface area contributed by atoms with Gasteiger partial charge in [0.1, 0.15) is 5.75 Å². The van der Waals surface area contributed by atoms with Gasteiger partial charge in [0.2, 0.25) is 5.91 Å². The number of nitro benzene ring substituents is 1. The number of ether oxygens (including phenoxy) is 1. The number of amides is 2. The van der Waals surface area contributed by atoms with Crippen molar-refractivity contribution in [3.63, 3.8) is 0 Å². The number of anilines is 1. The number of nitrogens with one attached hydrogen (secondary N) is 2. The van der Waals surface area contributed by atoms with Crippen molar-refractivity contribution in [2.75, 3.05) is 11.9 Å². The third-order valence-corrected chi connectivity index (χ3v) is 5.58. The minimum absolute atomic E-state index is 0.135. The average Bonchev–Trinajstić information content (AvgIpc) is 2.80. The smallest absolute Gasteiger partial charge is 0.283 e. The lowest BCUT2D eigenvalue weighted by Crippen LogP contribution is -2.24. The molecule has 0 saturated carbocycles. The van der Waals surface area contributed by atoms with Gasteiger partial charge in [-0.2, -0.15) is 5.10 Å². The van der Waals surface area contributed by atoms with Crippen molar-refractivity contribution in [3.8, 4) is 5.75 Å². The molecule has 34 heavy (non-hydrogen) atoms. The molecule has 9 nitrogen and oxygen atoms in total. The molecule has 0 aliphatic heterocycles.